The first kappa shape index (κ1) is 17.0. The van der Waals surface area contributed by atoms with Gasteiger partial charge in [-0.05, 0) is 34.0 Å². The fourth-order valence-corrected chi connectivity index (χ4v) is 4.61. The summed E-state index contributed by atoms with van der Waals surface area (Å²) in [6.45, 7) is 7.87. The van der Waals surface area contributed by atoms with Crippen molar-refractivity contribution in [2.45, 2.75) is 69.1 Å². The lowest BCUT2D eigenvalue weighted by Crippen LogP contribution is -2.41. The molecular weight excluding hydrogens is 328 g/mol. The first-order valence-corrected chi connectivity index (χ1v) is 9.39. The SMILES string of the molecule is CSC(=O)S[C@@H]1[C@H]2OC(C)(C)O[C@H]2O[C@@H]1[C@H]1COC(C)(C)O1. The second kappa shape index (κ2) is 5.91. The van der Waals surface area contributed by atoms with Crippen LogP contribution in [0.3, 0.4) is 0 Å². The van der Waals surface area contributed by atoms with Gasteiger partial charge < -0.3 is 23.7 Å². The van der Waals surface area contributed by atoms with Crippen LogP contribution in [0.1, 0.15) is 27.7 Å². The quantitative estimate of drug-likeness (QED) is 0.753. The lowest BCUT2D eigenvalue weighted by atomic mass is 10.1. The minimum atomic E-state index is -0.701. The minimum absolute atomic E-state index is 0.0331. The Kier molecular flexibility index (Phi) is 4.57. The normalized spacial score (nSPS) is 42.5. The number of carbonyl (C=O) groups excluding carboxylic acids is 1. The van der Waals surface area contributed by atoms with Crippen molar-refractivity contribution in [2.24, 2.45) is 0 Å². The predicted octanol–water partition coefficient (Wildman–Crippen LogP) is 2.60. The number of fused-ring (bicyclic) bond motifs is 1. The first-order valence-electron chi connectivity index (χ1n) is 7.28. The average Bonchev–Trinajstić information content (AvgIpc) is 3.01. The van der Waals surface area contributed by atoms with Gasteiger partial charge in [0.1, 0.15) is 18.3 Å². The van der Waals surface area contributed by atoms with Gasteiger partial charge in [0.05, 0.1) is 11.9 Å². The van der Waals surface area contributed by atoms with E-state index in [1.54, 1.807) is 6.26 Å². The van der Waals surface area contributed by atoms with E-state index in [2.05, 4.69) is 0 Å². The molecule has 0 saturated carbocycles. The summed E-state index contributed by atoms with van der Waals surface area (Å²) in [6, 6.07) is 0. The molecular formula is C14H22O6S2. The van der Waals surface area contributed by atoms with Crippen molar-refractivity contribution >= 4 is 28.0 Å². The van der Waals surface area contributed by atoms with Crippen LogP contribution in [0, 0.1) is 0 Å². The van der Waals surface area contributed by atoms with Crippen LogP contribution in [0.25, 0.3) is 0 Å². The molecule has 8 heteroatoms. The predicted molar refractivity (Wildman–Crippen MR) is 83.9 cm³/mol. The maximum atomic E-state index is 11.9. The Labute approximate surface area is 138 Å². The number of carbonyl (C=O) groups is 1. The molecule has 3 aliphatic rings. The molecule has 126 valence electrons. The Hall–Kier alpha value is 0.170. The van der Waals surface area contributed by atoms with Crippen LogP contribution < -0.4 is 0 Å². The average molecular weight is 350 g/mol. The van der Waals surface area contributed by atoms with Gasteiger partial charge in [-0.3, -0.25) is 4.79 Å². The van der Waals surface area contributed by atoms with E-state index >= 15 is 0 Å². The van der Waals surface area contributed by atoms with Gasteiger partial charge in [0.25, 0.3) is 0 Å². The van der Waals surface area contributed by atoms with Crippen LogP contribution >= 0.6 is 23.5 Å². The monoisotopic (exact) mass is 350 g/mol. The molecule has 5 atom stereocenters. The molecule has 0 unspecified atom stereocenters. The number of hydrogen-bond acceptors (Lipinski definition) is 8. The van der Waals surface area contributed by atoms with Crippen molar-refractivity contribution in [1.29, 1.82) is 0 Å². The van der Waals surface area contributed by atoms with Gasteiger partial charge in [-0.25, -0.2) is 0 Å². The molecule has 0 aliphatic carbocycles. The van der Waals surface area contributed by atoms with Gasteiger partial charge in [-0.2, -0.15) is 0 Å². The number of rotatable bonds is 2. The summed E-state index contributed by atoms with van der Waals surface area (Å²) in [5.74, 6) is -1.33. The number of thioether (sulfide) groups is 2. The molecule has 3 heterocycles. The summed E-state index contributed by atoms with van der Waals surface area (Å²) in [4.78, 5) is 11.9. The molecule has 0 bridgehead atoms. The van der Waals surface area contributed by atoms with Gasteiger partial charge in [-0.1, -0.05) is 23.5 Å². The highest BCUT2D eigenvalue weighted by Crippen LogP contribution is 2.46. The highest BCUT2D eigenvalue weighted by molar-refractivity contribution is 8.38. The standard InChI is InChI=1S/C14H22O6S2/c1-13(2)16-6-7(18-13)8-10(22-12(15)21-5)9-11(17-8)20-14(3,4)19-9/h7-11H,6H2,1-5H3/t7-,8-,9-,10+,11-/m1/s1. The Morgan fingerprint density at radius 3 is 2.36 bits per heavy atom. The molecule has 22 heavy (non-hydrogen) atoms. The third kappa shape index (κ3) is 3.33. The molecule has 0 aromatic heterocycles. The smallest absolute Gasteiger partial charge is 0.246 e. The van der Waals surface area contributed by atoms with Gasteiger partial charge in [-0.15, -0.1) is 0 Å². The first-order chi connectivity index (χ1) is 10.2. The maximum Gasteiger partial charge on any atom is 0.246 e. The van der Waals surface area contributed by atoms with E-state index in [1.807, 2.05) is 27.7 Å². The van der Waals surface area contributed by atoms with Crippen LogP contribution in [0.5, 0.6) is 0 Å². The minimum Gasteiger partial charge on any atom is -0.348 e. The van der Waals surface area contributed by atoms with Crippen LogP contribution in [0.15, 0.2) is 0 Å². The molecule has 3 fully saturated rings. The molecule has 0 amide bonds. The van der Waals surface area contributed by atoms with E-state index in [1.165, 1.54) is 23.5 Å². The highest BCUT2D eigenvalue weighted by atomic mass is 32.2. The molecule has 3 saturated heterocycles. The molecule has 0 N–H and O–H groups in total. The van der Waals surface area contributed by atoms with Crippen molar-refractivity contribution in [2.75, 3.05) is 12.9 Å². The van der Waals surface area contributed by atoms with E-state index in [-0.39, 0.29) is 28.0 Å². The Morgan fingerprint density at radius 1 is 1.05 bits per heavy atom. The molecule has 3 aliphatic heterocycles. The van der Waals surface area contributed by atoms with Crippen LogP contribution in [-0.2, 0) is 23.7 Å². The summed E-state index contributed by atoms with van der Waals surface area (Å²) in [6.07, 6.45) is 0.483. The molecule has 6 nitrogen and oxygen atoms in total. The summed E-state index contributed by atoms with van der Waals surface area (Å²) in [5, 5.41) is -0.172. The Bertz CT molecular complexity index is 455. The zero-order valence-electron chi connectivity index (χ0n) is 13.4. The van der Waals surface area contributed by atoms with Crippen molar-refractivity contribution < 1.29 is 28.5 Å². The third-order valence-corrected chi connectivity index (χ3v) is 5.95. The van der Waals surface area contributed by atoms with Crippen LogP contribution in [0.2, 0.25) is 0 Å². The van der Waals surface area contributed by atoms with E-state index in [4.69, 9.17) is 23.7 Å². The van der Waals surface area contributed by atoms with E-state index in [0.717, 1.165) is 0 Å². The zero-order chi connectivity index (χ0) is 16.1. The Morgan fingerprint density at radius 2 is 1.77 bits per heavy atom. The summed E-state index contributed by atoms with van der Waals surface area (Å²) in [5.41, 5.74) is 0. The molecule has 3 rings (SSSR count). The second-order valence-electron chi connectivity index (χ2n) is 6.47. The van der Waals surface area contributed by atoms with Gasteiger partial charge in [0, 0.05) is 0 Å². The molecule has 0 aromatic rings. The fraction of sp³-hybridized carbons (Fsp3) is 0.929. The topological polar surface area (TPSA) is 63.2 Å². The van der Waals surface area contributed by atoms with Gasteiger partial charge >= 0.3 is 0 Å². The second-order valence-corrected chi connectivity index (χ2v) is 8.66. The maximum absolute atomic E-state index is 11.9. The largest absolute Gasteiger partial charge is 0.348 e. The highest BCUT2D eigenvalue weighted by Gasteiger charge is 2.58. The van der Waals surface area contributed by atoms with Gasteiger partial charge in [0.15, 0.2) is 17.9 Å². The summed E-state index contributed by atoms with van der Waals surface area (Å²) < 4.78 is 29.3. The van der Waals surface area contributed by atoms with Gasteiger partial charge in [0.2, 0.25) is 4.45 Å². The summed E-state index contributed by atoms with van der Waals surface area (Å²) in [7, 11) is 0. The zero-order valence-corrected chi connectivity index (χ0v) is 15.0. The van der Waals surface area contributed by atoms with E-state index in [0.29, 0.717) is 6.61 Å². The van der Waals surface area contributed by atoms with E-state index in [9.17, 15) is 4.79 Å². The lowest BCUT2D eigenvalue weighted by molar-refractivity contribution is -0.219. The van der Waals surface area contributed by atoms with Crippen LogP contribution in [-0.4, -0.2) is 58.7 Å². The molecule has 0 spiro atoms. The van der Waals surface area contributed by atoms with Crippen molar-refractivity contribution in [3.63, 3.8) is 0 Å². The fourth-order valence-electron chi connectivity index (χ4n) is 2.97. The molecule has 0 radical (unpaired) electrons. The van der Waals surface area contributed by atoms with Crippen molar-refractivity contribution in [1.82, 2.24) is 0 Å². The van der Waals surface area contributed by atoms with Crippen molar-refractivity contribution in [3.8, 4) is 0 Å². The Balaban J connectivity index is 1.76. The number of ether oxygens (including phenoxy) is 5. The van der Waals surface area contributed by atoms with Crippen LogP contribution in [0.4, 0.5) is 4.79 Å². The van der Waals surface area contributed by atoms with Crippen molar-refractivity contribution in [3.05, 3.63) is 0 Å². The molecule has 0 aromatic carbocycles. The van der Waals surface area contributed by atoms with E-state index < -0.39 is 17.9 Å². The number of hydrogen-bond donors (Lipinski definition) is 0. The summed E-state index contributed by atoms with van der Waals surface area (Å²) >= 11 is 2.43. The lowest BCUT2D eigenvalue weighted by Gasteiger charge is -2.28. The third-order valence-electron chi connectivity index (χ3n) is 3.82.